The third-order valence-corrected chi connectivity index (χ3v) is 4.57. The molecule has 6 nitrogen and oxygen atoms in total. The Kier molecular flexibility index (Phi) is 5.73. The van der Waals surface area contributed by atoms with Gasteiger partial charge < -0.3 is 15.0 Å². The highest BCUT2D eigenvalue weighted by Gasteiger charge is 2.36. The largest absolute Gasteiger partial charge is 0.495 e. The van der Waals surface area contributed by atoms with Gasteiger partial charge >= 0.3 is 0 Å². The Morgan fingerprint density at radius 1 is 1.38 bits per heavy atom. The van der Waals surface area contributed by atoms with Crippen molar-refractivity contribution in [3.8, 4) is 5.75 Å². The van der Waals surface area contributed by atoms with Crippen LogP contribution >= 0.6 is 11.6 Å². The maximum Gasteiger partial charge on any atom is 0.227 e. The highest BCUT2D eigenvalue weighted by Crippen LogP contribution is 2.35. The summed E-state index contributed by atoms with van der Waals surface area (Å²) < 4.78 is 5.31. The molecule has 0 aliphatic carbocycles. The summed E-state index contributed by atoms with van der Waals surface area (Å²) in [6.07, 6.45) is 2.55. The van der Waals surface area contributed by atoms with Gasteiger partial charge in [-0.05, 0) is 30.3 Å². The van der Waals surface area contributed by atoms with E-state index in [4.69, 9.17) is 16.3 Å². The zero-order valence-electron chi connectivity index (χ0n) is 14.4. The second kappa shape index (κ2) is 8.19. The number of hydrogen-bond acceptors (Lipinski definition) is 4. The maximum atomic E-state index is 12.4. The zero-order chi connectivity index (χ0) is 18.5. The first kappa shape index (κ1) is 18.2. The van der Waals surface area contributed by atoms with Crippen LogP contribution in [0.2, 0.25) is 5.02 Å². The number of hydrogen-bond donors (Lipinski definition) is 1. The molecule has 1 aromatic heterocycles. The summed E-state index contributed by atoms with van der Waals surface area (Å²) in [5.74, 6) is -0.0814. The van der Waals surface area contributed by atoms with Crippen LogP contribution < -0.4 is 15.0 Å². The molecule has 1 aliphatic heterocycles. The second-order valence-electron chi connectivity index (χ2n) is 6.08. The van der Waals surface area contributed by atoms with Gasteiger partial charge in [0.2, 0.25) is 11.8 Å². The third kappa shape index (κ3) is 4.14. The molecule has 1 N–H and O–H groups in total. The molecule has 2 aromatic rings. The smallest absolute Gasteiger partial charge is 0.227 e. The van der Waals surface area contributed by atoms with E-state index >= 15 is 0 Å². The summed E-state index contributed by atoms with van der Waals surface area (Å²) in [6, 6.07) is 10.8. The van der Waals surface area contributed by atoms with Crippen LogP contribution in [-0.4, -0.2) is 37.0 Å². The average molecular weight is 374 g/mol. The fourth-order valence-electron chi connectivity index (χ4n) is 2.99. The Labute approximate surface area is 157 Å². The van der Waals surface area contributed by atoms with Crippen molar-refractivity contribution in [1.29, 1.82) is 0 Å². The SMILES string of the molecule is COc1ccc(Cl)cc1N1C[C@H](C(=O)NCCc2ccccn2)CC1=O. The molecule has 1 saturated heterocycles. The van der Waals surface area contributed by atoms with Crippen LogP contribution in [0.25, 0.3) is 0 Å². The van der Waals surface area contributed by atoms with E-state index in [1.165, 1.54) is 7.11 Å². The van der Waals surface area contributed by atoms with Gasteiger partial charge in [0, 0.05) is 42.8 Å². The van der Waals surface area contributed by atoms with E-state index in [9.17, 15) is 9.59 Å². The Morgan fingerprint density at radius 3 is 2.96 bits per heavy atom. The predicted octanol–water partition coefficient (Wildman–Crippen LogP) is 2.46. The Bertz CT molecular complexity index is 798. The van der Waals surface area contributed by atoms with E-state index in [-0.39, 0.29) is 18.2 Å². The minimum absolute atomic E-state index is 0.115. The molecule has 1 aromatic carbocycles. The van der Waals surface area contributed by atoms with Crippen LogP contribution in [-0.2, 0) is 16.0 Å². The first-order chi connectivity index (χ1) is 12.6. The molecule has 0 unspecified atom stereocenters. The van der Waals surface area contributed by atoms with Gasteiger partial charge in [0.05, 0.1) is 18.7 Å². The van der Waals surface area contributed by atoms with Gasteiger partial charge in [-0.1, -0.05) is 17.7 Å². The van der Waals surface area contributed by atoms with Gasteiger partial charge in [-0.2, -0.15) is 0 Å². The number of ether oxygens (including phenoxy) is 1. The van der Waals surface area contributed by atoms with Gasteiger partial charge in [0.1, 0.15) is 5.75 Å². The average Bonchev–Trinajstić information content (AvgIpc) is 3.04. The molecule has 2 heterocycles. The Balaban J connectivity index is 1.60. The molecule has 7 heteroatoms. The summed E-state index contributed by atoms with van der Waals surface area (Å²) in [6.45, 7) is 0.798. The topological polar surface area (TPSA) is 71.5 Å². The molecular formula is C19H20ClN3O3. The zero-order valence-corrected chi connectivity index (χ0v) is 15.2. The summed E-state index contributed by atoms with van der Waals surface area (Å²) >= 11 is 6.05. The number of benzene rings is 1. The Morgan fingerprint density at radius 2 is 2.23 bits per heavy atom. The summed E-state index contributed by atoms with van der Waals surface area (Å²) in [5, 5.41) is 3.40. The van der Waals surface area contributed by atoms with E-state index in [1.807, 2.05) is 18.2 Å². The Hall–Kier alpha value is -2.60. The molecule has 0 radical (unpaired) electrons. The number of amides is 2. The first-order valence-corrected chi connectivity index (χ1v) is 8.78. The third-order valence-electron chi connectivity index (χ3n) is 4.33. The van der Waals surface area contributed by atoms with Gasteiger partial charge in [-0.25, -0.2) is 0 Å². The van der Waals surface area contributed by atoms with Crippen LogP contribution in [0.4, 0.5) is 5.69 Å². The number of aromatic nitrogens is 1. The van der Waals surface area contributed by atoms with Crippen LogP contribution in [0.5, 0.6) is 5.75 Å². The normalized spacial score (nSPS) is 16.6. The van der Waals surface area contributed by atoms with Crippen molar-refractivity contribution in [2.75, 3.05) is 25.1 Å². The van der Waals surface area contributed by atoms with Crippen molar-refractivity contribution in [2.24, 2.45) is 5.92 Å². The summed E-state index contributed by atoms with van der Waals surface area (Å²) in [5.41, 5.74) is 1.51. The number of anilines is 1. The van der Waals surface area contributed by atoms with Gasteiger partial charge in [0.15, 0.2) is 0 Å². The summed E-state index contributed by atoms with van der Waals surface area (Å²) in [7, 11) is 1.54. The molecule has 1 aliphatic rings. The van der Waals surface area contributed by atoms with Crippen molar-refractivity contribution >= 4 is 29.1 Å². The highest BCUT2D eigenvalue weighted by molar-refractivity contribution is 6.31. The highest BCUT2D eigenvalue weighted by atomic mass is 35.5. The molecule has 3 rings (SSSR count). The van der Waals surface area contributed by atoms with E-state index < -0.39 is 5.92 Å². The van der Waals surface area contributed by atoms with Gasteiger partial charge in [-0.3, -0.25) is 14.6 Å². The van der Waals surface area contributed by atoms with E-state index in [0.717, 1.165) is 5.69 Å². The van der Waals surface area contributed by atoms with Crippen molar-refractivity contribution < 1.29 is 14.3 Å². The molecule has 0 saturated carbocycles. The second-order valence-corrected chi connectivity index (χ2v) is 6.52. The quantitative estimate of drug-likeness (QED) is 0.844. The fraction of sp³-hybridized carbons (Fsp3) is 0.316. The standard InChI is InChI=1S/C19H20ClN3O3/c1-26-17-6-5-14(20)11-16(17)23-12-13(10-18(23)24)19(25)22-9-7-15-4-2-3-8-21-15/h2-6,8,11,13H,7,9-10,12H2,1H3,(H,22,25)/t13-/m1/s1. The number of rotatable bonds is 6. The van der Waals surface area contributed by atoms with Gasteiger partial charge in [0.25, 0.3) is 0 Å². The number of nitrogens with zero attached hydrogens (tertiary/aromatic N) is 2. The van der Waals surface area contributed by atoms with E-state index in [1.54, 1.807) is 29.3 Å². The summed E-state index contributed by atoms with van der Waals surface area (Å²) in [4.78, 5) is 30.6. The number of methoxy groups -OCH3 is 1. The monoisotopic (exact) mass is 373 g/mol. The molecule has 0 spiro atoms. The molecule has 1 atom stereocenters. The number of carbonyl (C=O) groups excluding carboxylic acids is 2. The molecule has 0 bridgehead atoms. The number of pyridine rings is 1. The molecule has 1 fully saturated rings. The molecule has 2 amide bonds. The lowest BCUT2D eigenvalue weighted by molar-refractivity contribution is -0.126. The van der Waals surface area contributed by atoms with E-state index in [2.05, 4.69) is 10.3 Å². The minimum Gasteiger partial charge on any atom is -0.495 e. The van der Waals surface area contributed by atoms with Crippen molar-refractivity contribution in [3.63, 3.8) is 0 Å². The maximum absolute atomic E-state index is 12.4. The van der Waals surface area contributed by atoms with Crippen LogP contribution in [0.15, 0.2) is 42.6 Å². The number of carbonyl (C=O) groups is 2. The van der Waals surface area contributed by atoms with E-state index in [0.29, 0.717) is 36.0 Å². The van der Waals surface area contributed by atoms with Crippen LogP contribution in [0.3, 0.4) is 0 Å². The molecule has 26 heavy (non-hydrogen) atoms. The molecule has 136 valence electrons. The minimum atomic E-state index is -0.394. The number of nitrogens with one attached hydrogen (secondary N) is 1. The lowest BCUT2D eigenvalue weighted by Gasteiger charge is -2.19. The van der Waals surface area contributed by atoms with Crippen molar-refractivity contribution in [2.45, 2.75) is 12.8 Å². The predicted molar refractivity (Wildman–Crippen MR) is 99.4 cm³/mol. The fourth-order valence-corrected chi connectivity index (χ4v) is 3.16. The van der Waals surface area contributed by atoms with Crippen LogP contribution in [0.1, 0.15) is 12.1 Å². The lowest BCUT2D eigenvalue weighted by atomic mass is 10.1. The van der Waals surface area contributed by atoms with Crippen LogP contribution in [0, 0.1) is 5.92 Å². The number of halogens is 1. The van der Waals surface area contributed by atoms with Crippen molar-refractivity contribution in [1.82, 2.24) is 10.3 Å². The first-order valence-electron chi connectivity index (χ1n) is 8.40. The van der Waals surface area contributed by atoms with Crippen molar-refractivity contribution in [3.05, 3.63) is 53.3 Å². The van der Waals surface area contributed by atoms with Gasteiger partial charge in [-0.15, -0.1) is 0 Å². The molecular weight excluding hydrogens is 354 g/mol. The lowest BCUT2D eigenvalue weighted by Crippen LogP contribution is -2.34.